The number of likely N-dealkylation sites (N-methyl/N-ethyl adjacent to an activating group) is 1. The Kier molecular flexibility index (Phi) is 6.09. The number of amides is 1. The largest absolute Gasteiger partial charge is 0.354 e. The normalized spacial score (nSPS) is 21.9. The first-order chi connectivity index (χ1) is 8.47. The van der Waals surface area contributed by atoms with Gasteiger partial charge in [0.05, 0.1) is 5.54 Å². The molecule has 18 heavy (non-hydrogen) atoms. The van der Waals surface area contributed by atoms with Gasteiger partial charge in [-0.3, -0.25) is 4.79 Å². The summed E-state index contributed by atoms with van der Waals surface area (Å²) in [5.41, 5.74) is -0.474. The topological polar surface area (TPSA) is 44.4 Å². The summed E-state index contributed by atoms with van der Waals surface area (Å²) in [6.45, 7) is 9.19. The van der Waals surface area contributed by atoms with Gasteiger partial charge < -0.3 is 15.5 Å². The zero-order valence-electron chi connectivity index (χ0n) is 12.4. The van der Waals surface area contributed by atoms with Crippen molar-refractivity contribution in [2.24, 2.45) is 0 Å². The standard InChI is InChI=1S/C14H29N3O/c1-12-8-5-6-10-17(12)11-7-9-16-13(18)14(2,3)15-4/h12,15H,5-11H2,1-4H3,(H,16,18). The second kappa shape index (κ2) is 7.10. The lowest BCUT2D eigenvalue weighted by Gasteiger charge is -2.33. The molecule has 0 spiro atoms. The molecule has 0 bridgehead atoms. The molecule has 0 saturated carbocycles. The molecule has 0 aromatic rings. The highest BCUT2D eigenvalue weighted by Crippen LogP contribution is 2.16. The Morgan fingerprint density at radius 1 is 1.39 bits per heavy atom. The lowest BCUT2D eigenvalue weighted by molar-refractivity contribution is -0.126. The lowest BCUT2D eigenvalue weighted by atomic mass is 10.0. The predicted molar refractivity (Wildman–Crippen MR) is 75.7 cm³/mol. The van der Waals surface area contributed by atoms with E-state index in [0.29, 0.717) is 6.04 Å². The number of piperidine rings is 1. The maximum atomic E-state index is 11.8. The Labute approximate surface area is 111 Å². The number of rotatable bonds is 6. The summed E-state index contributed by atoms with van der Waals surface area (Å²) in [5.74, 6) is 0.0803. The highest BCUT2D eigenvalue weighted by molar-refractivity contribution is 5.85. The monoisotopic (exact) mass is 255 g/mol. The van der Waals surface area contributed by atoms with E-state index in [9.17, 15) is 4.79 Å². The van der Waals surface area contributed by atoms with Crippen molar-refractivity contribution >= 4 is 5.91 Å². The Balaban J connectivity index is 2.16. The highest BCUT2D eigenvalue weighted by atomic mass is 16.2. The van der Waals surface area contributed by atoms with Gasteiger partial charge in [0.15, 0.2) is 0 Å². The van der Waals surface area contributed by atoms with E-state index in [2.05, 4.69) is 22.5 Å². The number of nitrogens with one attached hydrogen (secondary N) is 2. The van der Waals surface area contributed by atoms with Crippen LogP contribution in [0.25, 0.3) is 0 Å². The van der Waals surface area contributed by atoms with E-state index in [1.54, 1.807) is 0 Å². The van der Waals surface area contributed by atoms with Gasteiger partial charge in [-0.25, -0.2) is 0 Å². The van der Waals surface area contributed by atoms with Crippen molar-refractivity contribution in [2.75, 3.05) is 26.7 Å². The summed E-state index contributed by atoms with van der Waals surface area (Å²) in [6, 6.07) is 0.711. The summed E-state index contributed by atoms with van der Waals surface area (Å²) in [7, 11) is 1.81. The minimum absolute atomic E-state index is 0.0803. The van der Waals surface area contributed by atoms with Gasteiger partial charge in [0.25, 0.3) is 0 Å². The van der Waals surface area contributed by atoms with Crippen molar-refractivity contribution in [3.05, 3.63) is 0 Å². The molecule has 1 heterocycles. The Bertz CT molecular complexity index is 266. The van der Waals surface area contributed by atoms with Crippen LogP contribution in [0.2, 0.25) is 0 Å². The number of carbonyl (C=O) groups excluding carboxylic acids is 1. The lowest BCUT2D eigenvalue weighted by Crippen LogP contribution is -2.51. The minimum atomic E-state index is -0.474. The minimum Gasteiger partial charge on any atom is -0.354 e. The van der Waals surface area contributed by atoms with E-state index in [1.165, 1.54) is 25.8 Å². The summed E-state index contributed by atoms with van der Waals surface area (Å²) >= 11 is 0. The Morgan fingerprint density at radius 2 is 2.11 bits per heavy atom. The van der Waals surface area contributed by atoms with Gasteiger partial charge in [0.2, 0.25) is 5.91 Å². The van der Waals surface area contributed by atoms with Crippen LogP contribution in [-0.4, -0.2) is 49.1 Å². The van der Waals surface area contributed by atoms with Gasteiger partial charge in [-0.2, -0.15) is 0 Å². The molecule has 2 N–H and O–H groups in total. The molecule has 1 amide bonds. The molecule has 0 aromatic carbocycles. The van der Waals surface area contributed by atoms with Crippen LogP contribution in [0.3, 0.4) is 0 Å². The number of hydrogen-bond acceptors (Lipinski definition) is 3. The second-order valence-electron chi connectivity index (χ2n) is 5.87. The van der Waals surface area contributed by atoms with Crippen LogP contribution in [0.1, 0.15) is 46.5 Å². The van der Waals surface area contributed by atoms with Crippen molar-refractivity contribution in [1.82, 2.24) is 15.5 Å². The molecule has 1 aliphatic rings. The number of carbonyl (C=O) groups is 1. The molecule has 0 aliphatic carbocycles. The van der Waals surface area contributed by atoms with E-state index in [4.69, 9.17) is 0 Å². The fourth-order valence-electron chi connectivity index (χ4n) is 2.31. The zero-order valence-corrected chi connectivity index (χ0v) is 12.4. The van der Waals surface area contributed by atoms with Crippen LogP contribution in [0.5, 0.6) is 0 Å². The first-order valence-corrected chi connectivity index (χ1v) is 7.18. The van der Waals surface area contributed by atoms with Crippen molar-refractivity contribution < 1.29 is 4.79 Å². The smallest absolute Gasteiger partial charge is 0.239 e. The summed E-state index contributed by atoms with van der Waals surface area (Å²) < 4.78 is 0. The van der Waals surface area contributed by atoms with E-state index >= 15 is 0 Å². The van der Waals surface area contributed by atoms with E-state index in [-0.39, 0.29) is 5.91 Å². The third-order valence-electron chi connectivity index (χ3n) is 4.04. The average Bonchev–Trinajstić information content (AvgIpc) is 2.36. The third kappa shape index (κ3) is 4.58. The van der Waals surface area contributed by atoms with Crippen LogP contribution in [0.15, 0.2) is 0 Å². The van der Waals surface area contributed by atoms with Crippen LogP contribution in [0.4, 0.5) is 0 Å². The predicted octanol–water partition coefficient (Wildman–Crippen LogP) is 1.37. The molecule has 0 aromatic heterocycles. The highest BCUT2D eigenvalue weighted by Gasteiger charge is 2.24. The number of hydrogen-bond donors (Lipinski definition) is 2. The molecule has 4 heteroatoms. The number of likely N-dealkylation sites (tertiary alicyclic amines) is 1. The average molecular weight is 255 g/mol. The van der Waals surface area contributed by atoms with Crippen LogP contribution >= 0.6 is 0 Å². The molecule has 106 valence electrons. The van der Waals surface area contributed by atoms with Crippen molar-refractivity contribution in [3.63, 3.8) is 0 Å². The summed E-state index contributed by atoms with van der Waals surface area (Å²) in [5, 5.41) is 6.02. The molecule has 0 radical (unpaired) electrons. The van der Waals surface area contributed by atoms with Crippen molar-refractivity contribution in [1.29, 1.82) is 0 Å². The fraction of sp³-hybridized carbons (Fsp3) is 0.929. The van der Waals surface area contributed by atoms with Crippen molar-refractivity contribution in [3.8, 4) is 0 Å². The van der Waals surface area contributed by atoms with Gasteiger partial charge in [0.1, 0.15) is 0 Å². The van der Waals surface area contributed by atoms with Gasteiger partial charge in [0, 0.05) is 19.1 Å². The van der Waals surface area contributed by atoms with Crippen LogP contribution in [-0.2, 0) is 4.79 Å². The molecular weight excluding hydrogens is 226 g/mol. The first-order valence-electron chi connectivity index (χ1n) is 7.18. The van der Waals surface area contributed by atoms with E-state index in [0.717, 1.165) is 19.5 Å². The molecule has 1 fully saturated rings. The van der Waals surface area contributed by atoms with Crippen molar-refractivity contribution in [2.45, 2.75) is 58.0 Å². The van der Waals surface area contributed by atoms with Gasteiger partial charge in [-0.05, 0) is 53.6 Å². The molecule has 1 saturated heterocycles. The molecule has 1 atom stereocenters. The Morgan fingerprint density at radius 3 is 2.72 bits per heavy atom. The summed E-state index contributed by atoms with van der Waals surface area (Å²) in [6.07, 6.45) is 5.04. The first kappa shape index (κ1) is 15.4. The molecule has 1 aliphatic heterocycles. The SMILES string of the molecule is CNC(C)(C)C(=O)NCCCN1CCCCC1C. The maximum Gasteiger partial charge on any atom is 0.239 e. The fourth-order valence-corrected chi connectivity index (χ4v) is 2.31. The number of nitrogens with zero attached hydrogens (tertiary/aromatic N) is 1. The van der Waals surface area contributed by atoms with E-state index in [1.807, 2.05) is 20.9 Å². The molecule has 1 rings (SSSR count). The van der Waals surface area contributed by atoms with Gasteiger partial charge in [-0.15, -0.1) is 0 Å². The third-order valence-corrected chi connectivity index (χ3v) is 4.04. The maximum absolute atomic E-state index is 11.8. The van der Waals surface area contributed by atoms with Gasteiger partial charge in [-0.1, -0.05) is 6.42 Å². The van der Waals surface area contributed by atoms with Crippen LogP contribution in [0, 0.1) is 0 Å². The molecular formula is C14H29N3O. The molecule has 4 nitrogen and oxygen atoms in total. The van der Waals surface area contributed by atoms with Gasteiger partial charge >= 0.3 is 0 Å². The summed E-state index contributed by atoms with van der Waals surface area (Å²) in [4.78, 5) is 14.4. The van der Waals surface area contributed by atoms with E-state index < -0.39 is 5.54 Å². The molecule has 1 unspecified atom stereocenters. The second-order valence-corrected chi connectivity index (χ2v) is 5.87. The zero-order chi connectivity index (χ0) is 13.6. The quantitative estimate of drug-likeness (QED) is 0.705. The van der Waals surface area contributed by atoms with Crippen LogP contribution < -0.4 is 10.6 Å². The Hall–Kier alpha value is -0.610.